The average Bonchev–Trinajstić information content (AvgIpc) is 2.24. The maximum atomic E-state index is 11.7. The van der Waals surface area contributed by atoms with Crippen LogP contribution < -0.4 is 0 Å². The van der Waals surface area contributed by atoms with E-state index in [9.17, 15) is 4.79 Å². The normalized spacial score (nSPS) is 24.9. The molecule has 2 rings (SSSR count). The maximum Gasteiger partial charge on any atom is 0.167 e. The maximum absolute atomic E-state index is 11.7. The molecule has 1 nitrogen and oxygen atoms in total. The molecule has 14 heavy (non-hydrogen) atoms. The highest BCUT2D eigenvalue weighted by Gasteiger charge is 2.36. The number of carbonyl (C=O) groups excluding carboxylic acids is 1. The lowest BCUT2D eigenvalue weighted by atomic mass is 9.75. The van der Waals surface area contributed by atoms with Crippen LogP contribution >= 0.6 is 11.6 Å². The van der Waals surface area contributed by atoms with Crippen molar-refractivity contribution in [2.45, 2.75) is 12.3 Å². The number of alkyl halides is 1. The number of allylic oxidation sites excluding steroid dienone is 1. The summed E-state index contributed by atoms with van der Waals surface area (Å²) in [6.07, 6.45) is 3.47. The lowest BCUT2D eigenvalue weighted by Gasteiger charge is -2.29. The largest absolute Gasteiger partial charge is 0.294 e. The molecule has 0 aromatic heterocycles. The summed E-state index contributed by atoms with van der Waals surface area (Å²) in [4.78, 5) is 11.7. The molecule has 0 saturated carbocycles. The highest BCUT2D eigenvalue weighted by Crippen LogP contribution is 2.33. The van der Waals surface area contributed by atoms with Crippen molar-refractivity contribution in [2.75, 3.05) is 5.88 Å². The van der Waals surface area contributed by atoms with Gasteiger partial charge < -0.3 is 0 Å². The van der Waals surface area contributed by atoms with Gasteiger partial charge in [0.2, 0.25) is 0 Å². The predicted octanol–water partition coefficient (Wildman–Crippen LogP) is 2.78. The van der Waals surface area contributed by atoms with Crippen LogP contribution in [0.2, 0.25) is 0 Å². The number of rotatable bonds is 1. The Hall–Kier alpha value is -1.08. The zero-order chi connectivity index (χ0) is 10.2. The van der Waals surface area contributed by atoms with Crippen LogP contribution in [0.4, 0.5) is 0 Å². The Kier molecular flexibility index (Phi) is 2.20. The van der Waals surface area contributed by atoms with Crippen molar-refractivity contribution in [2.24, 2.45) is 0 Å². The van der Waals surface area contributed by atoms with E-state index in [4.69, 9.17) is 11.6 Å². The first-order valence-electron chi connectivity index (χ1n) is 4.56. The fourth-order valence-electron chi connectivity index (χ4n) is 1.76. The van der Waals surface area contributed by atoms with Crippen LogP contribution in [0.25, 0.3) is 6.08 Å². The van der Waals surface area contributed by atoms with E-state index in [-0.39, 0.29) is 5.78 Å². The van der Waals surface area contributed by atoms with Gasteiger partial charge in [-0.05, 0) is 24.1 Å². The molecule has 0 bridgehead atoms. The number of benzene rings is 1. The monoisotopic (exact) mass is 206 g/mol. The van der Waals surface area contributed by atoms with Crippen LogP contribution in [0.5, 0.6) is 0 Å². The summed E-state index contributed by atoms with van der Waals surface area (Å²) in [7, 11) is 0. The molecule has 0 spiro atoms. The third-order valence-electron chi connectivity index (χ3n) is 2.78. The molecule has 0 saturated heterocycles. The van der Waals surface area contributed by atoms with Crippen molar-refractivity contribution < 1.29 is 4.79 Å². The van der Waals surface area contributed by atoms with Crippen molar-refractivity contribution in [3.05, 3.63) is 41.5 Å². The molecule has 0 amide bonds. The standard InChI is InChI=1S/C12H11ClO/c1-12(8-13)10-5-3-2-4-9(10)6-7-11(12)14/h2-7H,8H2,1H3/t12-/m1/s1. The van der Waals surface area contributed by atoms with Crippen molar-refractivity contribution in [3.63, 3.8) is 0 Å². The Bertz CT molecular complexity index is 409. The lowest BCUT2D eigenvalue weighted by Crippen LogP contribution is -2.35. The molecule has 1 aromatic carbocycles. The number of halogens is 1. The van der Waals surface area contributed by atoms with Gasteiger partial charge in [0.25, 0.3) is 0 Å². The van der Waals surface area contributed by atoms with E-state index in [1.54, 1.807) is 6.08 Å². The summed E-state index contributed by atoms with van der Waals surface area (Å²) in [5, 5.41) is 0. The second kappa shape index (κ2) is 3.25. The van der Waals surface area contributed by atoms with Gasteiger partial charge in [0.15, 0.2) is 5.78 Å². The van der Waals surface area contributed by atoms with E-state index in [0.29, 0.717) is 5.88 Å². The van der Waals surface area contributed by atoms with Crippen LogP contribution in [0, 0.1) is 0 Å². The smallest absolute Gasteiger partial charge is 0.167 e. The zero-order valence-electron chi connectivity index (χ0n) is 7.96. The van der Waals surface area contributed by atoms with Crippen molar-refractivity contribution in [3.8, 4) is 0 Å². The molecule has 0 unspecified atom stereocenters. The molecule has 1 aliphatic carbocycles. The number of ketones is 1. The Labute approximate surface area is 88.4 Å². The molecule has 0 aliphatic heterocycles. The summed E-state index contributed by atoms with van der Waals surface area (Å²) >= 11 is 5.89. The first-order valence-corrected chi connectivity index (χ1v) is 5.10. The van der Waals surface area contributed by atoms with Gasteiger partial charge in [-0.2, -0.15) is 0 Å². The summed E-state index contributed by atoms with van der Waals surface area (Å²) in [5.41, 5.74) is 1.57. The molecular weight excluding hydrogens is 196 g/mol. The van der Waals surface area contributed by atoms with Gasteiger partial charge in [-0.1, -0.05) is 30.3 Å². The van der Waals surface area contributed by atoms with Gasteiger partial charge in [-0.15, -0.1) is 11.6 Å². The van der Waals surface area contributed by atoms with Crippen LogP contribution in [0.15, 0.2) is 30.3 Å². The summed E-state index contributed by atoms with van der Waals surface area (Å²) < 4.78 is 0. The molecule has 72 valence electrons. The van der Waals surface area contributed by atoms with E-state index in [1.807, 2.05) is 37.3 Å². The van der Waals surface area contributed by atoms with Crippen molar-refractivity contribution >= 4 is 23.5 Å². The van der Waals surface area contributed by atoms with Crippen LogP contribution in [-0.2, 0) is 10.2 Å². The third kappa shape index (κ3) is 1.20. The summed E-state index contributed by atoms with van der Waals surface area (Å²) in [6, 6.07) is 7.88. The SMILES string of the molecule is C[C@]1(CCl)C(=O)C=Cc2ccccc21. The van der Waals surface area contributed by atoms with Gasteiger partial charge in [0, 0.05) is 5.88 Å². The van der Waals surface area contributed by atoms with E-state index in [2.05, 4.69) is 0 Å². The van der Waals surface area contributed by atoms with E-state index in [0.717, 1.165) is 11.1 Å². The second-order valence-electron chi connectivity index (χ2n) is 3.75. The molecule has 0 fully saturated rings. The van der Waals surface area contributed by atoms with Gasteiger partial charge in [0.1, 0.15) is 0 Å². The highest BCUT2D eigenvalue weighted by molar-refractivity contribution is 6.22. The topological polar surface area (TPSA) is 17.1 Å². The second-order valence-corrected chi connectivity index (χ2v) is 4.02. The van der Waals surface area contributed by atoms with Crippen molar-refractivity contribution in [1.82, 2.24) is 0 Å². The number of fused-ring (bicyclic) bond motifs is 1. The first kappa shape index (κ1) is 9.47. The molecule has 0 radical (unpaired) electrons. The Balaban J connectivity index is 2.65. The fourth-order valence-corrected chi connectivity index (χ4v) is 2.04. The average molecular weight is 207 g/mol. The minimum Gasteiger partial charge on any atom is -0.294 e. The van der Waals surface area contributed by atoms with E-state index < -0.39 is 5.41 Å². The predicted molar refractivity (Wildman–Crippen MR) is 58.6 cm³/mol. The molecule has 0 N–H and O–H groups in total. The van der Waals surface area contributed by atoms with Crippen LogP contribution in [0.3, 0.4) is 0 Å². The lowest BCUT2D eigenvalue weighted by molar-refractivity contribution is -0.118. The van der Waals surface area contributed by atoms with E-state index >= 15 is 0 Å². The van der Waals surface area contributed by atoms with E-state index in [1.165, 1.54) is 0 Å². The minimum absolute atomic E-state index is 0.0891. The Morgan fingerprint density at radius 1 is 1.29 bits per heavy atom. The number of hydrogen-bond donors (Lipinski definition) is 0. The summed E-state index contributed by atoms with van der Waals surface area (Å²) in [6.45, 7) is 1.89. The third-order valence-corrected chi connectivity index (χ3v) is 3.32. The molecular formula is C12H11ClO. The summed E-state index contributed by atoms with van der Waals surface area (Å²) in [5.74, 6) is 0.416. The van der Waals surface area contributed by atoms with Crippen LogP contribution in [0.1, 0.15) is 18.1 Å². The Morgan fingerprint density at radius 2 is 2.00 bits per heavy atom. The molecule has 1 aromatic rings. The van der Waals surface area contributed by atoms with Gasteiger partial charge >= 0.3 is 0 Å². The van der Waals surface area contributed by atoms with Crippen LogP contribution in [-0.4, -0.2) is 11.7 Å². The minimum atomic E-state index is -0.549. The molecule has 1 atom stereocenters. The quantitative estimate of drug-likeness (QED) is 0.646. The van der Waals surface area contributed by atoms with Crippen molar-refractivity contribution in [1.29, 1.82) is 0 Å². The number of carbonyl (C=O) groups is 1. The molecule has 0 heterocycles. The first-order chi connectivity index (χ1) is 6.68. The highest BCUT2D eigenvalue weighted by atomic mass is 35.5. The number of hydrogen-bond acceptors (Lipinski definition) is 1. The van der Waals surface area contributed by atoms with Gasteiger partial charge in [0.05, 0.1) is 5.41 Å². The molecule has 2 heteroatoms. The Morgan fingerprint density at radius 3 is 2.71 bits per heavy atom. The van der Waals surface area contributed by atoms with Gasteiger partial charge in [-0.25, -0.2) is 0 Å². The zero-order valence-corrected chi connectivity index (χ0v) is 8.71. The molecule has 1 aliphatic rings. The van der Waals surface area contributed by atoms with Gasteiger partial charge in [-0.3, -0.25) is 4.79 Å². The fraction of sp³-hybridized carbons (Fsp3) is 0.250.